The molecule has 0 aliphatic carbocycles. The van der Waals surface area contributed by atoms with Crippen molar-refractivity contribution in [3.8, 4) is 0 Å². The lowest BCUT2D eigenvalue weighted by Crippen LogP contribution is -2.32. The summed E-state index contributed by atoms with van der Waals surface area (Å²) >= 11 is 5.72. The third-order valence-corrected chi connectivity index (χ3v) is 3.13. The van der Waals surface area contributed by atoms with E-state index in [4.69, 9.17) is 11.6 Å². The number of amides is 2. The number of aliphatic hydroxyl groups excluding tert-OH is 1. The van der Waals surface area contributed by atoms with Crippen molar-refractivity contribution in [2.45, 2.75) is 6.10 Å². The molecule has 22 heavy (non-hydrogen) atoms. The molecule has 0 aliphatic rings. The molecular weight excluding hydrogens is 314 g/mol. The summed E-state index contributed by atoms with van der Waals surface area (Å²) in [5, 5.41) is 15.3. The van der Waals surface area contributed by atoms with Gasteiger partial charge in [-0.2, -0.15) is 0 Å². The van der Waals surface area contributed by atoms with E-state index in [1.54, 1.807) is 24.3 Å². The van der Waals surface area contributed by atoms with Crippen molar-refractivity contribution in [3.05, 3.63) is 64.7 Å². The van der Waals surface area contributed by atoms with Crippen LogP contribution in [-0.4, -0.2) is 17.7 Å². The Hall–Kier alpha value is -2.18. The van der Waals surface area contributed by atoms with Crippen LogP contribution in [0.1, 0.15) is 11.7 Å². The Morgan fingerprint density at radius 2 is 1.86 bits per heavy atom. The zero-order chi connectivity index (χ0) is 16.1. The standard InChI is InChI=1S/C15H13ClF2N2O2/c16-9-1-4-11(5-2-9)20-15(22)19-8-14(21)12-6-3-10(17)7-13(12)18/h1-7,14,21H,8H2,(H2,19,20,22)/t14-/m1/s1. The van der Waals surface area contributed by atoms with Gasteiger partial charge in [0, 0.05) is 28.9 Å². The number of halogens is 3. The van der Waals surface area contributed by atoms with Crippen LogP contribution in [0.5, 0.6) is 0 Å². The van der Waals surface area contributed by atoms with Crippen molar-refractivity contribution in [2.24, 2.45) is 0 Å². The SMILES string of the molecule is O=C(NC[C@@H](O)c1ccc(F)cc1F)Nc1ccc(Cl)cc1. The van der Waals surface area contributed by atoms with Crippen molar-refractivity contribution in [1.29, 1.82) is 0 Å². The summed E-state index contributed by atoms with van der Waals surface area (Å²) in [6.07, 6.45) is -1.28. The Morgan fingerprint density at radius 1 is 1.18 bits per heavy atom. The van der Waals surface area contributed by atoms with Gasteiger partial charge in [-0.1, -0.05) is 17.7 Å². The van der Waals surface area contributed by atoms with Crippen molar-refractivity contribution in [3.63, 3.8) is 0 Å². The lowest BCUT2D eigenvalue weighted by Gasteiger charge is -2.13. The first-order valence-corrected chi connectivity index (χ1v) is 6.77. The van der Waals surface area contributed by atoms with Crippen LogP contribution in [0.3, 0.4) is 0 Å². The predicted molar refractivity (Wildman–Crippen MR) is 79.8 cm³/mol. The van der Waals surface area contributed by atoms with E-state index < -0.39 is 23.8 Å². The van der Waals surface area contributed by atoms with Crippen LogP contribution < -0.4 is 10.6 Å². The van der Waals surface area contributed by atoms with E-state index in [2.05, 4.69) is 10.6 Å². The lowest BCUT2D eigenvalue weighted by atomic mass is 10.1. The smallest absolute Gasteiger partial charge is 0.319 e. The number of anilines is 1. The van der Waals surface area contributed by atoms with Gasteiger partial charge in [-0.25, -0.2) is 13.6 Å². The average molecular weight is 327 g/mol. The first-order valence-electron chi connectivity index (χ1n) is 6.39. The molecule has 0 unspecified atom stereocenters. The summed E-state index contributed by atoms with van der Waals surface area (Å²) < 4.78 is 26.3. The zero-order valence-corrected chi connectivity index (χ0v) is 12.1. The third-order valence-electron chi connectivity index (χ3n) is 2.88. The van der Waals surface area contributed by atoms with E-state index >= 15 is 0 Å². The minimum Gasteiger partial charge on any atom is -0.386 e. The number of hydrogen-bond acceptors (Lipinski definition) is 2. The van der Waals surface area contributed by atoms with Crippen LogP contribution in [0.2, 0.25) is 5.02 Å². The number of benzene rings is 2. The molecule has 116 valence electrons. The van der Waals surface area contributed by atoms with E-state index in [0.29, 0.717) is 16.8 Å². The topological polar surface area (TPSA) is 61.4 Å². The summed E-state index contributed by atoms with van der Waals surface area (Å²) in [6.45, 7) is -0.220. The molecule has 0 fully saturated rings. The first-order chi connectivity index (χ1) is 10.5. The largest absolute Gasteiger partial charge is 0.386 e. The van der Waals surface area contributed by atoms with E-state index in [1.165, 1.54) is 0 Å². The van der Waals surface area contributed by atoms with Gasteiger partial charge in [0.25, 0.3) is 0 Å². The van der Waals surface area contributed by atoms with E-state index in [-0.39, 0.29) is 12.1 Å². The normalized spacial score (nSPS) is 11.8. The maximum absolute atomic E-state index is 13.5. The summed E-state index contributed by atoms with van der Waals surface area (Å²) in [5.74, 6) is -1.60. The molecule has 0 saturated heterocycles. The van der Waals surface area contributed by atoms with E-state index in [9.17, 15) is 18.7 Å². The zero-order valence-electron chi connectivity index (χ0n) is 11.3. The molecular formula is C15H13ClF2N2O2. The molecule has 2 rings (SSSR count). The molecule has 7 heteroatoms. The van der Waals surface area contributed by atoms with E-state index in [0.717, 1.165) is 12.1 Å². The van der Waals surface area contributed by atoms with Gasteiger partial charge in [0.1, 0.15) is 11.6 Å². The average Bonchev–Trinajstić information content (AvgIpc) is 2.47. The number of carbonyl (C=O) groups excluding carboxylic acids is 1. The minimum atomic E-state index is -1.28. The Bertz CT molecular complexity index is 665. The summed E-state index contributed by atoms with van der Waals surface area (Å²) in [6, 6.07) is 8.72. The molecule has 0 radical (unpaired) electrons. The fraction of sp³-hybridized carbons (Fsp3) is 0.133. The molecule has 0 heterocycles. The minimum absolute atomic E-state index is 0.0896. The van der Waals surface area contributed by atoms with Crippen LogP contribution in [0, 0.1) is 11.6 Å². The summed E-state index contributed by atoms with van der Waals surface area (Å²) in [4.78, 5) is 11.7. The van der Waals surface area contributed by atoms with Crippen LogP contribution in [0.4, 0.5) is 19.3 Å². The number of aliphatic hydroxyl groups is 1. The highest BCUT2D eigenvalue weighted by molar-refractivity contribution is 6.30. The van der Waals surface area contributed by atoms with Crippen molar-refractivity contribution >= 4 is 23.3 Å². The molecule has 2 aromatic carbocycles. The number of urea groups is 1. The highest BCUT2D eigenvalue weighted by Crippen LogP contribution is 2.17. The highest BCUT2D eigenvalue weighted by atomic mass is 35.5. The Kier molecular flexibility index (Phi) is 5.30. The number of rotatable bonds is 4. The van der Waals surface area contributed by atoms with Crippen molar-refractivity contribution in [1.82, 2.24) is 5.32 Å². The van der Waals surface area contributed by atoms with Gasteiger partial charge in [0.05, 0.1) is 6.10 Å². The van der Waals surface area contributed by atoms with Gasteiger partial charge in [0.2, 0.25) is 0 Å². The summed E-state index contributed by atoms with van der Waals surface area (Å²) in [5.41, 5.74) is 0.428. The van der Waals surface area contributed by atoms with Crippen LogP contribution in [0.15, 0.2) is 42.5 Å². The second-order valence-corrected chi connectivity index (χ2v) is 4.96. The van der Waals surface area contributed by atoms with Crippen LogP contribution in [-0.2, 0) is 0 Å². The maximum atomic E-state index is 13.5. The fourth-order valence-electron chi connectivity index (χ4n) is 1.78. The number of hydrogen-bond donors (Lipinski definition) is 3. The van der Waals surface area contributed by atoms with Crippen molar-refractivity contribution in [2.75, 3.05) is 11.9 Å². The fourth-order valence-corrected chi connectivity index (χ4v) is 1.91. The van der Waals surface area contributed by atoms with Gasteiger partial charge >= 0.3 is 6.03 Å². The van der Waals surface area contributed by atoms with Gasteiger partial charge in [-0.05, 0) is 30.3 Å². The van der Waals surface area contributed by atoms with Gasteiger partial charge in [-0.3, -0.25) is 0 Å². The van der Waals surface area contributed by atoms with Crippen LogP contribution in [0.25, 0.3) is 0 Å². The molecule has 0 spiro atoms. The summed E-state index contributed by atoms with van der Waals surface area (Å²) in [7, 11) is 0. The number of carbonyl (C=O) groups is 1. The molecule has 3 N–H and O–H groups in total. The molecule has 2 aromatic rings. The lowest BCUT2D eigenvalue weighted by molar-refractivity contribution is 0.170. The second-order valence-electron chi connectivity index (χ2n) is 4.52. The van der Waals surface area contributed by atoms with Gasteiger partial charge in [0.15, 0.2) is 0 Å². The highest BCUT2D eigenvalue weighted by Gasteiger charge is 2.14. The van der Waals surface area contributed by atoms with Gasteiger partial charge in [-0.15, -0.1) is 0 Å². The molecule has 0 aromatic heterocycles. The Labute approximate surface area is 130 Å². The predicted octanol–water partition coefficient (Wildman–Crippen LogP) is 3.47. The maximum Gasteiger partial charge on any atom is 0.319 e. The first kappa shape index (κ1) is 16.2. The monoisotopic (exact) mass is 326 g/mol. The molecule has 0 aliphatic heterocycles. The van der Waals surface area contributed by atoms with E-state index in [1.807, 2.05) is 0 Å². The molecule has 1 atom stereocenters. The Balaban J connectivity index is 1.88. The Morgan fingerprint density at radius 3 is 2.50 bits per heavy atom. The van der Waals surface area contributed by atoms with Crippen LogP contribution >= 0.6 is 11.6 Å². The second kappa shape index (κ2) is 7.20. The molecule has 0 saturated carbocycles. The number of nitrogens with one attached hydrogen (secondary N) is 2. The molecule has 2 amide bonds. The molecule has 0 bridgehead atoms. The quantitative estimate of drug-likeness (QED) is 0.805. The van der Waals surface area contributed by atoms with Gasteiger partial charge < -0.3 is 15.7 Å². The van der Waals surface area contributed by atoms with Crippen molar-refractivity contribution < 1.29 is 18.7 Å². The molecule has 4 nitrogen and oxygen atoms in total. The third kappa shape index (κ3) is 4.41.